The molecule has 1 N–H and O–H groups in total. The van der Waals surface area contributed by atoms with Gasteiger partial charge in [0.2, 0.25) is 11.9 Å². The molecule has 12 heteroatoms. The zero-order chi connectivity index (χ0) is 32.5. The minimum Gasteiger partial charge on any atom is -0.444 e. The predicted octanol–water partition coefficient (Wildman–Crippen LogP) is 7.06. The van der Waals surface area contributed by atoms with Crippen molar-refractivity contribution in [2.75, 3.05) is 49.5 Å². The van der Waals surface area contributed by atoms with Crippen molar-refractivity contribution in [3.05, 3.63) is 59.0 Å². The lowest BCUT2D eigenvalue weighted by atomic mass is 9.77. The van der Waals surface area contributed by atoms with Crippen molar-refractivity contribution in [1.29, 1.82) is 0 Å². The SMILES string of the molecule is CC(C)(C)OC(=O)N1CCC(CN2CCC3(CC2)CCN(c2cncc(Nc4ncc(Cl)c(-c5ccc(Cl)cc5)n4)c2)C3=O)CC1. The van der Waals surface area contributed by atoms with E-state index >= 15 is 0 Å². The lowest BCUT2D eigenvalue weighted by Gasteiger charge is -2.40. The molecule has 3 aliphatic heterocycles. The van der Waals surface area contributed by atoms with Crippen LogP contribution in [0.15, 0.2) is 48.9 Å². The summed E-state index contributed by atoms with van der Waals surface area (Å²) >= 11 is 12.4. The van der Waals surface area contributed by atoms with Gasteiger partial charge < -0.3 is 24.8 Å². The number of likely N-dealkylation sites (tertiary alicyclic amines) is 2. The Bertz CT molecular complexity index is 1560. The summed E-state index contributed by atoms with van der Waals surface area (Å²) in [6.45, 7) is 10.7. The van der Waals surface area contributed by atoms with Crippen LogP contribution in [0.1, 0.15) is 52.9 Å². The number of nitrogens with zero attached hydrogens (tertiary/aromatic N) is 6. The van der Waals surface area contributed by atoms with Gasteiger partial charge in [0.05, 0.1) is 46.1 Å². The van der Waals surface area contributed by atoms with E-state index in [-0.39, 0.29) is 17.4 Å². The average molecular weight is 667 g/mol. The fraction of sp³-hybridized carbons (Fsp3) is 0.500. The molecule has 0 atom stereocenters. The molecule has 3 aromatic rings. The normalized spacial score (nSPS) is 19.1. The standard InChI is InChI=1S/C34H41Cl2N7O3/c1-33(2,3)46-32(45)42-13-8-23(9-14-42)22-41-15-10-34(11-16-41)12-17-43(30(34)44)27-18-26(19-37-20-27)39-31-38-21-28(36)29(40-31)24-4-6-25(35)7-5-24/h4-7,18-21,23H,8-17,22H2,1-3H3,(H,38,39,40). The van der Waals surface area contributed by atoms with Gasteiger partial charge in [0, 0.05) is 36.8 Å². The number of halogens is 2. The summed E-state index contributed by atoms with van der Waals surface area (Å²) in [5, 5.41) is 4.29. The molecule has 0 unspecified atom stereocenters. The summed E-state index contributed by atoms with van der Waals surface area (Å²) in [6.07, 6.45) is 9.30. The van der Waals surface area contributed by atoms with Crippen LogP contribution in [-0.4, -0.2) is 81.6 Å². The number of benzene rings is 1. The molecular weight excluding hydrogens is 625 g/mol. The number of amides is 2. The van der Waals surface area contributed by atoms with Gasteiger partial charge in [-0.05, 0) is 90.1 Å². The first-order chi connectivity index (χ1) is 22.0. The molecule has 6 rings (SSSR count). The first kappa shape index (κ1) is 32.5. The van der Waals surface area contributed by atoms with E-state index in [4.69, 9.17) is 27.9 Å². The Hall–Kier alpha value is -3.47. The Morgan fingerprint density at radius 3 is 2.39 bits per heavy atom. The maximum atomic E-state index is 13.9. The second-order valence-electron chi connectivity index (χ2n) is 13.7. The van der Waals surface area contributed by atoms with Crippen LogP contribution in [0.5, 0.6) is 0 Å². The van der Waals surface area contributed by atoms with E-state index in [0.29, 0.717) is 39.8 Å². The minimum atomic E-state index is -0.475. The van der Waals surface area contributed by atoms with Crippen molar-refractivity contribution in [1.82, 2.24) is 24.8 Å². The molecule has 244 valence electrons. The number of carbonyl (C=O) groups excluding carboxylic acids is 2. The van der Waals surface area contributed by atoms with Crippen LogP contribution in [0.25, 0.3) is 11.3 Å². The second kappa shape index (κ2) is 13.3. The summed E-state index contributed by atoms with van der Waals surface area (Å²) in [5.74, 6) is 1.11. The number of carbonyl (C=O) groups is 2. The molecule has 46 heavy (non-hydrogen) atoms. The molecule has 0 radical (unpaired) electrons. The molecule has 10 nitrogen and oxygen atoms in total. The Morgan fingerprint density at radius 1 is 1.00 bits per heavy atom. The second-order valence-corrected chi connectivity index (χ2v) is 14.5. The molecule has 1 spiro atoms. The fourth-order valence-electron chi connectivity index (χ4n) is 6.69. The molecule has 0 saturated carbocycles. The van der Waals surface area contributed by atoms with Gasteiger partial charge in [0.15, 0.2) is 0 Å². The maximum Gasteiger partial charge on any atom is 0.410 e. The van der Waals surface area contributed by atoms with E-state index in [9.17, 15) is 9.59 Å². The molecule has 5 heterocycles. The smallest absolute Gasteiger partial charge is 0.410 e. The highest BCUT2D eigenvalue weighted by Crippen LogP contribution is 2.43. The van der Waals surface area contributed by atoms with E-state index in [1.54, 1.807) is 30.7 Å². The molecule has 2 amide bonds. The third kappa shape index (κ3) is 7.40. The number of ether oxygens (including phenoxy) is 1. The van der Waals surface area contributed by atoms with Crippen LogP contribution in [-0.2, 0) is 9.53 Å². The van der Waals surface area contributed by atoms with Crippen LogP contribution < -0.4 is 10.2 Å². The molecule has 3 saturated heterocycles. The van der Waals surface area contributed by atoms with Gasteiger partial charge in [0.25, 0.3) is 0 Å². The molecule has 3 fully saturated rings. The van der Waals surface area contributed by atoms with Crippen molar-refractivity contribution in [2.24, 2.45) is 11.3 Å². The number of piperidine rings is 2. The van der Waals surface area contributed by atoms with Crippen LogP contribution in [0, 0.1) is 11.3 Å². The Morgan fingerprint density at radius 2 is 1.70 bits per heavy atom. The highest BCUT2D eigenvalue weighted by Gasteiger charge is 2.48. The third-order valence-electron chi connectivity index (χ3n) is 9.26. The summed E-state index contributed by atoms with van der Waals surface area (Å²) in [5.41, 5.74) is 2.06. The number of pyridine rings is 1. The minimum absolute atomic E-state index is 0.185. The quantitative estimate of drug-likeness (QED) is 0.299. The lowest BCUT2D eigenvalue weighted by molar-refractivity contribution is -0.128. The van der Waals surface area contributed by atoms with Crippen LogP contribution >= 0.6 is 23.2 Å². The number of hydrogen-bond donors (Lipinski definition) is 1. The first-order valence-corrected chi connectivity index (χ1v) is 16.8. The number of anilines is 3. The largest absolute Gasteiger partial charge is 0.444 e. The predicted molar refractivity (Wildman–Crippen MR) is 181 cm³/mol. The van der Waals surface area contributed by atoms with Crippen LogP contribution in [0.2, 0.25) is 10.0 Å². The monoisotopic (exact) mass is 665 g/mol. The summed E-state index contributed by atoms with van der Waals surface area (Å²) in [4.78, 5) is 45.9. The van der Waals surface area contributed by atoms with Crippen molar-refractivity contribution in [2.45, 2.75) is 58.5 Å². The summed E-state index contributed by atoms with van der Waals surface area (Å²) < 4.78 is 5.55. The van der Waals surface area contributed by atoms with Gasteiger partial charge >= 0.3 is 6.09 Å². The summed E-state index contributed by atoms with van der Waals surface area (Å²) in [7, 11) is 0. The van der Waals surface area contributed by atoms with Gasteiger partial charge in [0.1, 0.15) is 5.60 Å². The van der Waals surface area contributed by atoms with Crippen molar-refractivity contribution in [3.8, 4) is 11.3 Å². The Labute approximate surface area is 280 Å². The number of rotatable bonds is 6. The molecule has 0 bridgehead atoms. The van der Waals surface area contributed by atoms with Gasteiger partial charge in [-0.1, -0.05) is 35.3 Å². The van der Waals surface area contributed by atoms with Crippen molar-refractivity contribution in [3.63, 3.8) is 0 Å². The van der Waals surface area contributed by atoms with Crippen molar-refractivity contribution >= 4 is 52.5 Å². The summed E-state index contributed by atoms with van der Waals surface area (Å²) in [6, 6.07) is 9.22. The zero-order valence-electron chi connectivity index (χ0n) is 26.6. The molecule has 0 aliphatic carbocycles. The highest BCUT2D eigenvalue weighted by atomic mass is 35.5. The third-order valence-corrected chi connectivity index (χ3v) is 9.79. The number of aromatic nitrogens is 3. The molecule has 1 aromatic carbocycles. The van der Waals surface area contributed by atoms with Crippen LogP contribution in [0.3, 0.4) is 0 Å². The van der Waals surface area contributed by atoms with E-state index < -0.39 is 5.60 Å². The fourth-order valence-corrected chi connectivity index (χ4v) is 7.02. The Balaban J connectivity index is 1.03. The maximum absolute atomic E-state index is 13.9. The lowest BCUT2D eigenvalue weighted by Crippen LogP contribution is -2.47. The number of nitrogens with one attached hydrogen (secondary N) is 1. The number of hydrogen-bond acceptors (Lipinski definition) is 8. The van der Waals surface area contributed by atoms with E-state index in [2.05, 4.69) is 25.2 Å². The van der Waals surface area contributed by atoms with Crippen molar-refractivity contribution < 1.29 is 14.3 Å². The highest BCUT2D eigenvalue weighted by molar-refractivity contribution is 6.33. The van der Waals surface area contributed by atoms with Crippen LogP contribution in [0.4, 0.5) is 22.1 Å². The van der Waals surface area contributed by atoms with Gasteiger partial charge in [-0.15, -0.1) is 0 Å². The molecule has 3 aliphatic rings. The topological polar surface area (TPSA) is 104 Å². The Kier molecular flexibility index (Phi) is 9.41. The molecular formula is C34H41Cl2N7O3. The molecule has 2 aromatic heterocycles. The van der Waals surface area contributed by atoms with Gasteiger partial charge in [-0.3, -0.25) is 9.78 Å². The van der Waals surface area contributed by atoms with E-state index in [1.165, 1.54) is 0 Å². The first-order valence-electron chi connectivity index (χ1n) is 16.0. The van der Waals surface area contributed by atoms with Gasteiger partial charge in [-0.2, -0.15) is 0 Å². The van der Waals surface area contributed by atoms with E-state index in [0.717, 1.165) is 76.1 Å². The van der Waals surface area contributed by atoms with Gasteiger partial charge in [-0.25, -0.2) is 14.8 Å². The zero-order valence-corrected chi connectivity index (χ0v) is 28.2. The van der Waals surface area contributed by atoms with E-state index in [1.807, 2.05) is 48.8 Å². The average Bonchev–Trinajstić information content (AvgIpc) is 3.34.